The van der Waals surface area contributed by atoms with Crippen molar-refractivity contribution in [3.63, 3.8) is 0 Å². The molecular weight excluding hydrogens is 425 g/mol. The van der Waals surface area contributed by atoms with Crippen molar-refractivity contribution in [1.82, 2.24) is 0 Å². The minimum absolute atomic E-state index is 0.149. The Hall–Kier alpha value is -0.600. The van der Waals surface area contributed by atoms with Crippen molar-refractivity contribution < 1.29 is 62.5 Å². The highest BCUT2D eigenvalue weighted by Gasteiger charge is 2.72. The van der Waals surface area contributed by atoms with Crippen LogP contribution in [0.25, 0.3) is 0 Å². The first kappa shape index (κ1) is 25.4. The number of unbranched alkanes of at least 4 members (excludes halogenated alkanes) is 2. The quantitative estimate of drug-likeness (QED) is 0.234. The molecule has 0 N–H and O–H groups in total. The number of rotatable bonds is 12. The second-order valence-electron chi connectivity index (χ2n) is 4.69. The smallest absolute Gasteiger partial charge is 0.372 e. The van der Waals surface area contributed by atoms with Crippen molar-refractivity contribution in [1.29, 1.82) is 0 Å². The maximum atomic E-state index is 13.0. The summed E-state index contributed by atoms with van der Waals surface area (Å²) in [7, 11) is 0. The predicted molar refractivity (Wildman–Crippen MR) is 63.4 cm³/mol. The molecule has 0 atom stereocenters. The molecule has 0 heterocycles. The van der Waals surface area contributed by atoms with Gasteiger partial charge in [-0.05, 0) is 19.3 Å². The first-order chi connectivity index (χ1) is 11.5. The maximum absolute atomic E-state index is 13.0. The summed E-state index contributed by atoms with van der Waals surface area (Å²) in [4.78, 5) is 0. The van der Waals surface area contributed by atoms with E-state index in [1.165, 1.54) is 0 Å². The second-order valence-corrected chi connectivity index (χ2v) is 5.07. The van der Waals surface area contributed by atoms with Crippen molar-refractivity contribution in [2.75, 3.05) is 19.1 Å². The highest BCUT2D eigenvalue weighted by atomic mass is 35.5. The summed E-state index contributed by atoms with van der Waals surface area (Å²) in [6.07, 6.45) is -30.9. The molecule has 0 spiro atoms. The van der Waals surface area contributed by atoms with Gasteiger partial charge in [-0.2, -0.15) is 48.3 Å². The fraction of sp³-hybridized carbons (Fsp3) is 1.00. The van der Waals surface area contributed by atoms with Crippen molar-refractivity contribution in [2.45, 2.75) is 49.9 Å². The van der Waals surface area contributed by atoms with Gasteiger partial charge in [0.25, 0.3) is 0 Å². The molecule has 0 aliphatic heterocycles. The summed E-state index contributed by atoms with van der Waals surface area (Å²) in [5.74, 6) is 0.253. The molecule has 0 saturated carbocycles. The molecule has 26 heavy (non-hydrogen) atoms. The molecule has 0 aliphatic carbocycles. The molecule has 0 saturated heterocycles. The Morgan fingerprint density at radius 3 is 1.58 bits per heavy atom. The molecule has 0 amide bonds. The first-order valence-electron chi connectivity index (χ1n) is 6.59. The molecule has 15 heteroatoms. The molecule has 0 unspecified atom stereocenters. The molecule has 0 aromatic rings. The maximum Gasteiger partial charge on any atom is 0.483 e. The predicted octanol–water partition coefficient (Wildman–Crippen LogP) is 5.38. The monoisotopic (exact) mass is 436 g/mol. The third-order valence-corrected chi connectivity index (χ3v) is 2.66. The molecule has 0 aromatic carbocycles. The SMILES string of the molecule is FC(F)(COCCCCCCl)OC(F)(F)C(F)(F)OC(F)(F)C(F)(F)F. The Morgan fingerprint density at radius 1 is 0.615 bits per heavy atom. The van der Waals surface area contributed by atoms with Crippen molar-refractivity contribution in [2.24, 2.45) is 0 Å². The third kappa shape index (κ3) is 7.96. The number of hydrogen-bond acceptors (Lipinski definition) is 3. The molecule has 0 bridgehead atoms. The van der Waals surface area contributed by atoms with Gasteiger partial charge in [0.1, 0.15) is 6.61 Å². The number of ether oxygens (including phenoxy) is 3. The Labute approximate surface area is 144 Å². The first-order valence-corrected chi connectivity index (χ1v) is 7.13. The molecule has 0 aliphatic rings. The van der Waals surface area contributed by atoms with E-state index >= 15 is 0 Å². The Kier molecular flexibility index (Phi) is 8.85. The summed E-state index contributed by atoms with van der Waals surface area (Å²) in [6, 6.07) is 0. The lowest BCUT2D eigenvalue weighted by molar-refractivity contribution is -0.537. The van der Waals surface area contributed by atoms with Crippen molar-refractivity contribution in [3.05, 3.63) is 0 Å². The van der Waals surface area contributed by atoms with Gasteiger partial charge >= 0.3 is 30.6 Å². The average Bonchev–Trinajstić information content (AvgIpc) is 2.38. The highest BCUT2D eigenvalue weighted by Crippen LogP contribution is 2.47. The third-order valence-electron chi connectivity index (χ3n) is 2.40. The lowest BCUT2D eigenvalue weighted by Crippen LogP contribution is -2.55. The van der Waals surface area contributed by atoms with Crippen molar-refractivity contribution in [3.8, 4) is 0 Å². The summed E-state index contributed by atoms with van der Waals surface area (Å²) >= 11 is 5.31. The molecule has 0 radical (unpaired) electrons. The lowest BCUT2D eigenvalue weighted by atomic mass is 10.3. The van der Waals surface area contributed by atoms with Gasteiger partial charge in [0.2, 0.25) is 0 Å². The van der Waals surface area contributed by atoms with E-state index in [9.17, 15) is 48.3 Å². The van der Waals surface area contributed by atoms with Crippen LogP contribution >= 0.6 is 11.6 Å². The minimum Gasteiger partial charge on any atom is -0.372 e. The van der Waals surface area contributed by atoms with Crippen LogP contribution in [0.1, 0.15) is 19.3 Å². The van der Waals surface area contributed by atoms with Gasteiger partial charge < -0.3 is 4.74 Å². The normalized spacial score (nSPS) is 14.8. The van der Waals surface area contributed by atoms with Crippen LogP contribution in [0, 0.1) is 0 Å². The fourth-order valence-corrected chi connectivity index (χ4v) is 1.41. The van der Waals surface area contributed by atoms with Crippen molar-refractivity contribution >= 4 is 11.6 Å². The zero-order chi connectivity index (χ0) is 20.9. The topological polar surface area (TPSA) is 27.7 Å². The average molecular weight is 437 g/mol. The van der Waals surface area contributed by atoms with E-state index in [-0.39, 0.29) is 12.3 Å². The van der Waals surface area contributed by atoms with Crippen LogP contribution in [0.2, 0.25) is 0 Å². The van der Waals surface area contributed by atoms with E-state index in [1.807, 2.05) is 0 Å². The van der Waals surface area contributed by atoms with Gasteiger partial charge in [0, 0.05) is 12.5 Å². The van der Waals surface area contributed by atoms with Gasteiger partial charge in [-0.3, -0.25) is 0 Å². The second kappa shape index (κ2) is 9.06. The van der Waals surface area contributed by atoms with Crippen LogP contribution < -0.4 is 0 Å². The standard InChI is InChI=1S/C11H12ClF11O3/c12-4-2-1-3-5-24-6-7(13,14)25-10(20,21)11(22,23)26-9(18,19)8(15,16)17/h1-6H2. The van der Waals surface area contributed by atoms with E-state index in [4.69, 9.17) is 11.6 Å². The molecule has 0 aromatic heterocycles. The minimum atomic E-state index is -6.80. The molecule has 0 fully saturated rings. The van der Waals surface area contributed by atoms with E-state index in [1.54, 1.807) is 4.74 Å². The number of halogens is 12. The van der Waals surface area contributed by atoms with Gasteiger partial charge in [0.15, 0.2) is 0 Å². The van der Waals surface area contributed by atoms with Crippen LogP contribution in [-0.4, -0.2) is 49.7 Å². The Balaban J connectivity index is 4.81. The van der Waals surface area contributed by atoms with Crippen LogP contribution in [0.15, 0.2) is 0 Å². The Bertz CT molecular complexity index is 428. The highest BCUT2D eigenvalue weighted by molar-refractivity contribution is 6.17. The Morgan fingerprint density at radius 2 is 1.12 bits per heavy atom. The number of alkyl halides is 12. The fourth-order valence-electron chi connectivity index (χ4n) is 1.22. The lowest BCUT2D eigenvalue weighted by Gasteiger charge is -2.31. The van der Waals surface area contributed by atoms with Crippen LogP contribution in [0.5, 0.6) is 0 Å². The molecule has 3 nitrogen and oxygen atoms in total. The summed E-state index contributed by atoms with van der Waals surface area (Å²) in [5.41, 5.74) is 0. The largest absolute Gasteiger partial charge is 0.483 e. The molecule has 0 rings (SSSR count). The van der Waals surface area contributed by atoms with Crippen LogP contribution in [0.3, 0.4) is 0 Å². The number of hydrogen-bond donors (Lipinski definition) is 0. The van der Waals surface area contributed by atoms with Gasteiger partial charge in [-0.25, -0.2) is 9.47 Å². The van der Waals surface area contributed by atoms with Gasteiger partial charge in [-0.1, -0.05) is 0 Å². The summed E-state index contributed by atoms with van der Waals surface area (Å²) in [6.45, 7) is -2.42. The summed E-state index contributed by atoms with van der Waals surface area (Å²) < 4.78 is 146. The van der Waals surface area contributed by atoms with Gasteiger partial charge in [-0.15, -0.1) is 11.6 Å². The van der Waals surface area contributed by atoms with E-state index in [0.29, 0.717) is 12.8 Å². The van der Waals surface area contributed by atoms with E-state index < -0.39 is 43.8 Å². The van der Waals surface area contributed by atoms with Crippen LogP contribution in [0.4, 0.5) is 48.3 Å². The van der Waals surface area contributed by atoms with Gasteiger partial charge in [0.05, 0.1) is 0 Å². The zero-order valence-corrected chi connectivity index (χ0v) is 13.3. The molecule has 158 valence electrons. The molecular formula is C11H12ClF11O3. The van der Waals surface area contributed by atoms with E-state index in [2.05, 4.69) is 9.47 Å². The summed E-state index contributed by atoms with van der Waals surface area (Å²) in [5, 5.41) is 0. The zero-order valence-electron chi connectivity index (χ0n) is 12.5. The van der Waals surface area contributed by atoms with Crippen LogP contribution in [-0.2, 0) is 14.2 Å². The van der Waals surface area contributed by atoms with E-state index in [0.717, 1.165) is 0 Å².